The molecule has 0 aliphatic carbocycles. The number of nitrogens with one attached hydrogen (secondary N) is 1. The highest BCUT2D eigenvalue weighted by Crippen LogP contribution is 2.34. The molecule has 2 aliphatic heterocycles. The summed E-state index contributed by atoms with van der Waals surface area (Å²) < 4.78 is 25.0. The van der Waals surface area contributed by atoms with Gasteiger partial charge in [-0.2, -0.15) is 0 Å². The summed E-state index contributed by atoms with van der Waals surface area (Å²) in [5, 5.41) is 12.1. The number of hydrogen-bond donors (Lipinski definition) is 2. The lowest BCUT2D eigenvalue weighted by atomic mass is 10.1. The fraction of sp³-hybridized carbons (Fsp3) is 0.400. The molecular formula is C20H23FN4O4. The maximum atomic E-state index is 15.0. The molecule has 1 saturated heterocycles. The summed E-state index contributed by atoms with van der Waals surface area (Å²) >= 11 is 0. The van der Waals surface area contributed by atoms with Gasteiger partial charge in [-0.1, -0.05) is 6.07 Å². The Kier molecular flexibility index (Phi) is 5.35. The van der Waals surface area contributed by atoms with Crippen molar-refractivity contribution in [3.63, 3.8) is 0 Å². The number of rotatable bonds is 6. The van der Waals surface area contributed by atoms with Gasteiger partial charge in [0.1, 0.15) is 11.9 Å². The van der Waals surface area contributed by atoms with Gasteiger partial charge in [0.05, 0.1) is 30.2 Å². The molecule has 0 spiro atoms. The predicted octanol–water partition coefficient (Wildman–Crippen LogP) is 1.89. The number of carbonyl (C=O) groups excluding carboxylic acids is 1. The van der Waals surface area contributed by atoms with E-state index >= 15 is 0 Å². The van der Waals surface area contributed by atoms with Crippen molar-refractivity contribution in [1.29, 1.82) is 0 Å². The molecule has 3 heterocycles. The highest BCUT2D eigenvalue weighted by Gasteiger charge is 2.34. The summed E-state index contributed by atoms with van der Waals surface area (Å²) in [5.74, 6) is -0.400. The van der Waals surface area contributed by atoms with Gasteiger partial charge in [0, 0.05) is 32.5 Å². The van der Waals surface area contributed by atoms with Gasteiger partial charge < -0.3 is 19.5 Å². The molecule has 2 atom stereocenters. The molecule has 8 nitrogen and oxygen atoms in total. The van der Waals surface area contributed by atoms with Crippen LogP contribution in [0.4, 0.5) is 20.6 Å². The van der Waals surface area contributed by atoms with E-state index in [9.17, 15) is 14.3 Å². The van der Waals surface area contributed by atoms with Crippen molar-refractivity contribution in [1.82, 2.24) is 10.3 Å². The molecule has 0 bridgehead atoms. The van der Waals surface area contributed by atoms with Crippen LogP contribution in [-0.4, -0.2) is 48.9 Å². The summed E-state index contributed by atoms with van der Waals surface area (Å²) in [5.41, 5.74) is 3.77. The average Bonchev–Trinajstić information content (AvgIpc) is 3.30. The minimum atomic E-state index is -1.14. The molecule has 1 fully saturated rings. The quantitative estimate of drug-likeness (QED) is 0.714. The molecule has 1 aromatic heterocycles. The Morgan fingerprint density at radius 2 is 2.24 bits per heavy atom. The van der Waals surface area contributed by atoms with Gasteiger partial charge in [-0.3, -0.25) is 15.2 Å². The van der Waals surface area contributed by atoms with Crippen molar-refractivity contribution < 1.29 is 23.8 Å². The van der Waals surface area contributed by atoms with E-state index in [1.165, 1.54) is 18.1 Å². The number of pyridine rings is 1. The van der Waals surface area contributed by atoms with Gasteiger partial charge in [-0.05, 0) is 30.2 Å². The Bertz CT molecular complexity index is 900. The zero-order chi connectivity index (χ0) is 20.5. The van der Waals surface area contributed by atoms with E-state index in [0.717, 1.165) is 16.8 Å². The zero-order valence-corrected chi connectivity index (χ0v) is 16.3. The average molecular weight is 402 g/mol. The Morgan fingerprint density at radius 1 is 1.41 bits per heavy atom. The lowest BCUT2D eigenvalue weighted by Gasteiger charge is -2.22. The molecule has 0 radical (unpaired) electrons. The first-order chi connectivity index (χ1) is 14.0. The summed E-state index contributed by atoms with van der Waals surface area (Å²) in [4.78, 5) is 20.0. The number of cyclic esters (lactones) is 1. The van der Waals surface area contributed by atoms with Crippen molar-refractivity contribution in [3.8, 4) is 0 Å². The van der Waals surface area contributed by atoms with Crippen molar-refractivity contribution in [3.05, 3.63) is 53.1 Å². The van der Waals surface area contributed by atoms with Gasteiger partial charge >= 0.3 is 6.09 Å². The van der Waals surface area contributed by atoms with E-state index in [2.05, 4.69) is 10.3 Å². The maximum absolute atomic E-state index is 15.0. The number of amides is 1. The standard InChI is InChI=1S/C20H23FN4O4/c1-12-6-18(24-9-13-4-3-5-22-16(13)11-24)15(21)7-17(12)25-10-14(29-20(25)27)8-23-19(26)28-2/h3-7,14,19,23,26H,8-11H2,1-2H3/t14-,19?/m0/s1. The first-order valence-electron chi connectivity index (χ1n) is 9.36. The maximum Gasteiger partial charge on any atom is 0.414 e. The second-order valence-electron chi connectivity index (χ2n) is 7.17. The Labute approximate surface area is 167 Å². The smallest absolute Gasteiger partial charge is 0.414 e. The van der Waals surface area contributed by atoms with E-state index in [0.29, 0.717) is 24.5 Å². The second-order valence-corrected chi connectivity index (χ2v) is 7.17. The number of ether oxygens (including phenoxy) is 2. The highest BCUT2D eigenvalue weighted by molar-refractivity contribution is 5.91. The van der Waals surface area contributed by atoms with Crippen LogP contribution in [0, 0.1) is 12.7 Å². The third-order valence-electron chi connectivity index (χ3n) is 5.20. The summed E-state index contributed by atoms with van der Waals surface area (Å²) in [6, 6.07) is 7.01. The van der Waals surface area contributed by atoms with Gasteiger partial charge in [0.25, 0.3) is 0 Å². The monoisotopic (exact) mass is 402 g/mol. The number of aryl methyl sites for hydroxylation is 1. The molecule has 9 heteroatoms. The van der Waals surface area contributed by atoms with E-state index in [1.807, 2.05) is 24.0 Å². The number of hydrogen-bond acceptors (Lipinski definition) is 7. The van der Waals surface area contributed by atoms with Crippen LogP contribution >= 0.6 is 0 Å². The van der Waals surface area contributed by atoms with Crippen LogP contribution in [0.1, 0.15) is 16.8 Å². The number of fused-ring (bicyclic) bond motifs is 1. The van der Waals surface area contributed by atoms with E-state index < -0.39 is 24.4 Å². The molecule has 1 unspecified atom stereocenters. The molecule has 4 rings (SSSR count). The normalized spacial score (nSPS) is 19.4. The number of aliphatic hydroxyl groups is 1. The van der Waals surface area contributed by atoms with Gasteiger partial charge in [-0.15, -0.1) is 0 Å². The first kappa shape index (κ1) is 19.6. The van der Waals surface area contributed by atoms with Crippen LogP contribution in [0.15, 0.2) is 30.5 Å². The third-order valence-corrected chi connectivity index (χ3v) is 5.20. The first-order valence-corrected chi connectivity index (χ1v) is 9.36. The zero-order valence-electron chi connectivity index (χ0n) is 16.3. The summed E-state index contributed by atoms with van der Waals surface area (Å²) in [7, 11) is 1.35. The number of methoxy groups -OCH3 is 1. The summed E-state index contributed by atoms with van der Waals surface area (Å²) in [6.45, 7) is 3.46. The molecule has 1 aromatic carbocycles. The number of nitrogens with zero attached hydrogens (tertiary/aromatic N) is 3. The van der Waals surface area contributed by atoms with Crippen molar-refractivity contribution in [2.24, 2.45) is 0 Å². The SMILES string of the molecule is COC(O)NC[C@H]1CN(c2cc(F)c(N3Cc4cccnc4C3)cc2C)C(=O)O1. The second kappa shape index (κ2) is 7.94. The minimum absolute atomic E-state index is 0.218. The topological polar surface area (TPSA) is 87.2 Å². The number of halogens is 1. The van der Waals surface area contributed by atoms with Gasteiger partial charge in [-0.25, -0.2) is 9.18 Å². The number of anilines is 2. The molecule has 2 aromatic rings. The third kappa shape index (κ3) is 3.89. The summed E-state index contributed by atoms with van der Waals surface area (Å²) in [6.07, 6.45) is -0.422. The fourth-order valence-electron chi connectivity index (χ4n) is 3.70. The van der Waals surface area contributed by atoms with E-state index in [1.54, 1.807) is 12.3 Å². The van der Waals surface area contributed by atoms with E-state index in [4.69, 9.17) is 9.47 Å². The molecule has 29 heavy (non-hydrogen) atoms. The molecule has 2 N–H and O–H groups in total. The number of benzene rings is 1. The lowest BCUT2D eigenvalue weighted by molar-refractivity contribution is -0.0998. The van der Waals surface area contributed by atoms with Crippen molar-refractivity contribution in [2.45, 2.75) is 32.5 Å². The van der Waals surface area contributed by atoms with Gasteiger partial charge in [0.2, 0.25) is 6.41 Å². The fourth-order valence-corrected chi connectivity index (χ4v) is 3.70. The van der Waals surface area contributed by atoms with Crippen LogP contribution < -0.4 is 15.1 Å². The largest absolute Gasteiger partial charge is 0.443 e. The van der Waals surface area contributed by atoms with E-state index in [-0.39, 0.29) is 13.1 Å². The van der Waals surface area contributed by atoms with Gasteiger partial charge in [0.15, 0.2) is 0 Å². The van der Waals surface area contributed by atoms with Crippen LogP contribution in [0.3, 0.4) is 0 Å². The van der Waals surface area contributed by atoms with Crippen molar-refractivity contribution >= 4 is 17.5 Å². The van der Waals surface area contributed by atoms with Crippen molar-refractivity contribution in [2.75, 3.05) is 30.0 Å². The van der Waals surface area contributed by atoms with Crippen LogP contribution in [0.25, 0.3) is 0 Å². The molecular weight excluding hydrogens is 379 g/mol. The lowest BCUT2D eigenvalue weighted by Crippen LogP contribution is -2.38. The molecule has 2 aliphatic rings. The van der Waals surface area contributed by atoms with Crippen LogP contribution in [0.5, 0.6) is 0 Å². The number of carbonyl (C=O) groups is 1. The van der Waals surface area contributed by atoms with Crippen LogP contribution in [0.2, 0.25) is 0 Å². The predicted molar refractivity (Wildman–Crippen MR) is 104 cm³/mol. The number of aromatic nitrogens is 1. The minimum Gasteiger partial charge on any atom is -0.443 e. The highest BCUT2D eigenvalue weighted by atomic mass is 19.1. The molecule has 0 saturated carbocycles. The molecule has 154 valence electrons. The Balaban J connectivity index is 1.50. The molecule has 1 amide bonds. The number of aliphatic hydroxyl groups excluding tert-OH is 1. The Hall–Kier alpha value is -2.75. The van der Waals surface area contributed by atoms with Crippen LogP contribution in [-0.2, 0) is 22.6 Å². The Morgan fingerprint density at radius 3 is 3.00 bits per heavy atom.